The summed E-state index contributed by atoms with van der Waals surface area (Å²) >= 11 is 11.9. The molecule has 0 fully saturated rings. The first kappa shape index (κ1) is 15.5. The summed E-state index contributed by atoms with van der Waals surface area (Å²) in [6.07, 6.45) is 1.33. The predicted octanol–water partition coefficient (Wildman–Crippen LogP) is 3.86. The smallest absolute Gasteiger partial charge is 0.274 e. The van der Waals surface area contributed by atoms with Crippen LogP contribution in [0.2, 0.25) is 10.0 Å². The Morgan fingerprint density at radius 3 is 2.67 bits per heavy atom. The highest BCUT2D eigenvalue weighted by Gasteiger charge is 2.11. The van der Waals surface area contributed by atoms with Gasteiger partial charge in [-0.3, -0.25) is 4.79 Å². The second-order valence-corrected chi connectivity index (χ2v) is 5.51. The minimum atomic E-state index is -0.381. The molecule has 0 aliphatic carbocycles. The summed E-state index contributed by atoms with van der Waals surface area (Å²) in [6, 6.07) is 6.63. The van der Waals surface area contributed by atoms with Gasteiger partial charge in [0.15, 0.2) is 0 Å². The van der Waals surface area contributed by atoms with Crippen molar-refractivity contribution in [2.75, 3.05) is 10.6 Å². The zero-order valence-electron chi connectivity index (χ0n) is 11.5. The Morgan fingerprint density at radius 2 is 1.95 bits per heavy atom. The van der Waals surface area contributed by atoms with Gasteiger partial charge in [-0.2, -0.15) is 0 Å². The number of nitrogens with one attached hydrogen (secondary N) is 2. The standard InChI is InChI=1S/C14H14Cl2N4O/c1-8(2)19-13-6-12(17-7-18-13)14(21)20-11-5-9(15)3-4-10(11)16/h3-8H,1-2H3,(H,20,21)(H,17,18,19). The lowest BCUT2D eigenvalue weighted by molar-refractivity contribution is 0.102. The van der Waals surface area contributed by atoms with Crippen LogP contribution < -0.4 is 10.6 Å². The molecule has 0 spiro atoms. The fraction of sp³-hybridized carbons (Fsp3) is 0.214. The van der Waals surface area contributed by atoms with Gasteiger partial charge >= 0.3 is 0 Å². The van der Waals surface area contributed by atoms with Crippen molar-refractivity contribution in [3.8, 4) is 0 Å². The summed E-state index contributed by atoms with van der Waals surface area (Å²) in [5.74, 6) is 0.204. The van der Waals surface area contributed by atoms with E-state index in [0.29, 0.717) is 21.6 Å². The molecule has 0 aliphatic heterocycles. The van der Waals surface area contributed by atoms with Crippen molar-refractivity contribution in [2.24, 2.45) is 0 Å². The molecule has 5 nitrogen and oxygen atoms in total. The van der Waals surface area contributed by atoms with E-state index < -0.39 is 0 Å². The van der Waals surface area contributed by atoms with E-state index in [2.05, 4.69) is 20.6 Å². The summed E-state index contributed by atoms with van der Waals surface area (Å²) in [5, 5.41) is 6.67. The van der Waals surface area contributed by atoms with E-state index in [-0.39, 0.29) is 17.6 Å². The Bertz CT molecular complexity index is 661. The van der Waals surface area contributed by atoms with Crippen LogP contribution in [0.1, 0.15) is 24.3 Å². The molecule has 110 valence electrons. The highest BCUT2D eigenvalue weighted by Crippen LogP contribution is 2.25. The number of carbonyl (C=O) groups is 1. The zero-order chi connectivity index (χ0) is 15.4. The summed E-state index contributed by atoms with van der Waals surface area (Å²) < 4.78 is 0. The van der Waals surface area contributed by atoms with E-state index in [0.717, 1.165) is 0 Å². The monoisotopic (exact) mass is 324 g/mol. The first-order valence-corrected chi connectivity index (χ1v) is 7.06. The SMILES string of the molecule is CC(C)Nc1cc(C(=O)Nc2cc(Cl)ccc2Cl)ncn1. The van der Waals surface area contributed by atoms with Gasteiger partial charge in [-0.15, -0.1) is 0 Å². The number of carbonyl (C=O) groups excluding carboxylic acids is 1. The fourth-order valence-corrected chi connectivity index (χ4v) is 1.97. The summed E-state index contributed by atoms with van der Waals surface area (Å²) in [4.78, 5) is 20.2. The lowest BCUT2D eigenvalue weighted by atomic mass is 10.3. The quantitative estimate of drug-likeness (QED) is 0.896. The molecule has 1 heterocycles. The lowest BCUT2D eigenvalue weighted by Gasteiger charge is -2.10. The molecule has 0 saturated heterocycles. The largest absolute Gasteiger partial charge is 0.368 e. The Balaban J connectivity index is 2.18. The number of nitrogens with zero attached hydrogens (tertiary/aromatic N) is 2. The van der Waals surface area contributed by atoms with E-state index in [1.54, 1.807) is 24.3 Å². The molecule has 0 unspecified atom stereocenters. The average molecular weight is 325 g/mol. The van der Waals surface area contributed by atoms with E-state index in [4.69, 9.17) is 23.2 Å². The molecule has 0 radical (unpaired) electrons. The van der Waals surface area contributed by atoms with Crippen molar-refractivity contribution in [2.45, 2.75) is 19.9 Å². The number of benzene rings is 1. The van der Waals surface area contributed by atoms with Crippen LogP contribution >= 0.6 is 23.2 Å². The molecule has 0 aliphatic rings. The van der Waals surface area contributed by atoms with Crippen molar-refractivity contribution in [3.05, 3.63) is 46.3 Å². The number of amides is 1. The molecule has 7 heteroatoms. The Morgan fingerprint density at radius 1 is 1.19 bits per heavy atom. The van der Waals surface area contributed by atoms with Crippen molar-refractivity contribution >= 4 is 40.6 Å². The number of rotatable bonds is 4. The van der Waals surface area contributed by atoms with Crippen LogP contribution in [0.25, 0.3) is 0 Å². The minimum absolute atomic E-state index is 0.207. The van der Waals surface area contributed by atoms with Crippen LogP contribution in [-0.2, 0) is 0 Å². The Hall–Kier alpha value is -1.85. The van der Waals surface area contributed by atoms with Crippen LogP contribution in [-0.4, -0.2) is 21.9 Å². The Kier molecular flexibility index (Phi) is 4.98. The maximum Gasteiger partial charge on any atom is 0.274 e. The maximum absolute atomic E-state index is 12.2. The lowest BCUT2D eigenvalue weighted by Crippen LogP contribution is -2.16. The van der Waals surface area contributed by atoms with E-state index in [1.165, 1.54) is 6.33 Å². The van der Waals surface area contributed by atoms with Crippen LogP contribution in [0.15, 0.2) is 30.6 Å². The topological polar surface area (TPSA) is 66.9 Å². The number of hydrogen-bond acceptors (Lipinski definition) is 4. The maximum atomic E-state index is 12.2. The summed E-state index contributed by atoms with van der Waals surface area (Å²) in [6.45, 7) is 3.96. The molecule has 21 heavy (non-hydrogen) atoms. The highest BCUT2D eigenvalue weighted by atomic mass is 35.5. The van der Waals surface area contributed by atoms with Crippen LogP contribution in [0, 0.1) is 0 Å². The molecular weight excluding hydrogens is 311 g/mol. The van der Waals surface area contributed by atoms with Crippen molar-refractivity contribution in [1.82, 2.24) is 9.97 Å². The third-order valence-electron chi connectivity index (χ3n) is 2.51. The Labute approximate surface area is 132 Å². The molecule has 0 atom stereocenters. The van der Waals surface area contributed by atoms with Gasteiger partial charge in [0.1, 0.15) is 17.8 Å². The van der Waals surface area contributed by atoms with Crippen molar-refractivity contribution in [1.29, 1.82) is 0 Å². The van der Waals surface area contributed by atoms with E-state index in [1.807, 2.05) is 13.8 Å². The summed E-state index contributed by atoms with van der Waals surface area (Å²) in [5.41, 5.74) is 0.676. The zero-order valence-corrected chi connectivity index (χ0v) is 13.0. The molecule has 2 N–H and O–H groups in total. The number of halogens is 2. The van der Waals surface area contributed by atoms with Crippen molar-refractivity contribution < 1.29 is 4.79 Å². The molecule has 1 amide bonds. The third kappa shape index (κ3) is 4.31. The van der Waals surface area contributed by atoms with Gasteiger partial charge in [0.25, 0.3) is 5.91 Å². The van der Waals surface area contributed by atoms with E-state index in [9.17, 15) is 4.79 Å². The van der Waals surface area contributed by atoms with Gasteiger partial charge < -0.3 is 10.6 Å². The fourth-order valence-electron chi connectivity index (χ4n) is 1.64. The number of hydrogen-bond donors (Lipinski definition) is 2. The molecule has 1 aromatic carbocycles. The average Bonchev–Trinajstić information content (AvgIpc) is 2.42. The van der Waals surface area contributed by atoms with Crippen LogP contribution in [0.5, 0.6) is 0 Å². The van der Waals surface area contributed by atoms with Gasteiger partial charge in [-0.25, -0.2) is 9.97 Å². The summed E-state index contributed by atoms with van der Waals surface area (Å²) in [7, 11) is 0. The van der Waals surface area contributed by atoms with Gasteiger partial charge in [0, 0.05) is 17.1 Å². The highest BCUT2D eigenvalue weighted by molar-refractivity contribution is 6.35. The first-order valence-electron chi connectivity index (χ1n) is 6.30. The normalized spacial score (nSPS) is 10.5. The van der Waals surface area contributed by atoms with Crippen LogP contribution in [0.3, 0.4) is 0 Å². The molecular formula is C14H14Cl2N4O. The van der Waals surface area contributed by atoms with Gasteiger partial charge in [0.2, 0.25) is 0 Å². The molecule has 0 bridgehead atoms. The van der Waals surface area contributed by atoms with E-state index >= 15 is 0 Å². The predicted molar refractivity (Wildman–Crippen MR) is 85.2 cm³/mol. The minimum Gasteiger partial charge on any atom is -0.368 e. The molecule has 0 saturated carbocycles. The second-order valence-electron chi connectivity index (χ2n) is 4.67. The molecule has 2 rings (SSSR count). The van der Waals surface area contributed by atoms with Crippen LogP contribution in [0.4, 0.5) is 11.5 Å². The number of aromatic nitrogens is 2. The molecule has 1 aromatic heterocycles. The van der Waals surface area contributed by atoms with Gasteiger partial charge in [-0.1, -0.05) is 23.2 Å². The van der Waals surface area contributed by atoms with Gasteiger partial charge in [0.05, 0.1) is 10.7 Å². The number of anilines is 2. The third-order valence-corrected chi connectivity index (χ3v) is 3.08. The second kappa shape index (κ2) is 6.74. The first-order chi connectivity index (χ1) is 9.95. The molecule has 2 aromatic rings. The van der Waals surface area contributed by atoms with Gasteiger partial charge in [-0.05, 0) is 32.0 Å². The van der Waals surface area contributed by atoms with Crippen molar-refractivity contribution in [3.63, 3.8) is 0 Å².